The van der Waals surface area contributed by atoms with E-state index in [1.165, 1.54) is 0 Å². The summed E-state index contributed by atoms with van der Waals surface area (Å²) in [6.45, 7) is 2.53. The van der Waals surface area contributed by atoms with E-state index in [1.807, 2.05) is 55.5 Å². The molecule has 23 heavy (non-hydrogen) atoms. The minimum absolute atomic E-state index is 0.0447. The average Bonchev–Trinajstić information content (AvgIpc) is 2.59. The van der Waals surface area contributed by atoms with Crippen LogP contribution in [0.5, 0.6) is 5.75 Å². The van der Waals surface area contributed by atoms with Crippen LogP contribution in [0.3, 0.4) is 0 Å². The Balaban J connectivity index is 1.90. The molecular formula is C18H20ClNO2S. The van der Waals surface area contributed by atoms with Crippen molar-refractivity contribution in [3.63, 3.8) is 0 Å². The summed E-state index contributed by atoms with van der Waals surface area (Å²) < 4.78 is 5.13. The normalized spacial score (nSPS) is 11.8. The topological polar surface area (TPSA) is 38.3 Å². The molecule has 0 unspecified atom stereocenters. The molecule has 122 valence electrons. The fourth-order valence-corrected chi connectivity index (χ4v) is 3.15. The summed E-state index contributed by atoms with van der Waals surface area (Å²) in [5, 5.41) is 3.58. The molecule has 0 fully saturated rings. The minimum Gasteiger partial charge on any atom is -0.497 e. The van der Waals surface area contributed by atoms with Gasteiger partial charge in [0.1, 0.15) is 5.75 Å². The summed E-state index contributed by atoms with van der Waals surface area (Å²) in [4.78, 5) is 13.4. The number of carbonyl (C=O) groups excluding carboxylic acids is 1. The lowest BCUT2D eigenvalue weighted by Gasteiger charge is -2.15. The largest absolute Gasteiger partial charge is 0.497 e. The summed E-state index contributed by atoms with van der Waals surface area (Å²) in [6.07, 6.45) is 0.766. The van der Waals surface area contributed by atoms with Gasteiger partial charge in [0.2, 0.25) is 5.91 Å². The van der Waals surface area contributed by atoms with E-state index in [-0.39, 0.29) is 11.2 Å². The maximum absolute atomic E-state index is 12.4. The molecule has 2 aromatic rings. The molecule has 0 saturated carbocycles. The second-order valence-electron chi connectivity index (χ2n) is 5.03. The highest BCUT2D eigenvalue weighted by molar-refractivity contribution is 8.00. The highest BCUT2D eigenvalue weighted by Crippen LogP contribution is 2.26. The van der Waals surface area contributed by atoms with Crippen molar-refractivity contribution >= 4 is 29.3 Å². The third-order valence-electron chi connectivity index (χ3n) is 3.38. The number of benzene rings is 2. The van der Waals surface area contributed by atoms with Crippen molar-refractivity contribution in [2.45, 2.75) is 30.0 Å². The third-order valence-corrected chi connectivity index (χ3v) is 5.01. The molecule has 0 aliphatic carbocycles. The monoisotopic (exact) mass is 349 g/mol. The van der Waals surface area contributed by atoms with Crippen molar-refractivity contribution in [3.05, 3.63) is 59.1 Å². The molecule has 0 aromatic heterocycles. The van der Waals surface area contributed by atoms with Gasteiger partial charge in [0.05, 0.1) is 12.4 Å². The zero-order valence-electron chi connectivity index (χ0n) is 13.2. The van der Waals surface area contributed by atoms with Gasteiger partial charge in [-0.1, -0.05) is 30.7 Å². The van der Waals surface area contributed by atoms with Crippen LogP contribution < -0.4 is 10.1 Å². The number of nitrogens with one attached hydrogen (secondary N) is 1. The van der Waals surface area contributed by atoms with E-state index in [2.05, 4.69) is 5.32 Å². The van der Waals surface area contributed by atoms with Crippen molar-refractivity contribution in [1.29, 1.82) is 0 Å². The Morgan fingerprint density at radius 2 is 1.83 bits per heavy atom. The molecule has 2 aromatic carbocycles. The van der Waals surface area contributed by atoms with Crippen molar-refractivity contribution < 1.29 is 9.53 Å². The second-order valence-corrected chi connectivity index (χ2v) is 6.75. The maximum atomic E-state index is 12.4. The molecule has 0 aliphatic heterocycles. The van der Waals surface area contributed by atoms with E-state index in [9.17, 15) is 4.79 Å². The van der Waals surface area contributed by atoms with Crippen LogP contribution >= 0.6 is 23.4 Å². The number of methoxy groups -OCH3 is 1. The number of amides is 1. The molecule has 1 amide bonds. The Morgan fingerprint density at radius 1 is 1.17 bits per heavy atom. The first kappa shape index (κ1) is 17.7. The van der Waals surface area contributed by atoms with Gasteiger partial charge < -0.3 is 10.1 Å². The van der Waals surface area contributed by atoms with Crippen LogP contribution in [0.1, 0.15) is 18.9 Å². The Bertz CT molecular complexity index is 628. The van der Waals surface area contributed by atoms with Crippen molar-refractivity contribution in [2.24, 2.45) is 0 Å². The standard InChI is InChI=1S/C18H20ClNO2S/c1-3-17(23-16-10-6-14(19)7-11-16)18(21)20-12-13-4-8-15(22-2)9-5-13/h4-11,17H,3,12H2,1-2H3,(H,20,21)/t17-/m0/s1. The lowest BCUT2D eigenvalue weighted by Crippen LogP contribution is -2.31. The Hall–Kier alpha value is -1.65. The fourth-order valence-electron chi connectivity index (χ4n) is 2.05. The molecule has 0 bridgehead atoms. The summed E-state index contributed by atoms with van der Waals surface area (Å²) in [5.74, 6) is 0.855. The van der Waals surface area contributed by atoms with E-state index >= 15 is 0 Å². The number of rotatable bonds is 7. The number of thioether (sulfide) groups is 1. The SMILES string of the molecule is CC[C@H](Sc1ccc(Cl)cc1)C(=O)NCc1ccc(OC)cc1. The van der Waals surface area contributed by atoms with Gasteiger partial charge in [-0.05, 0) is 48.4 Å². The second kappa shape index (κ2) is 8.85. The van der Waals surface area contributed by atoms with Crippen LogP contribution in [0.25, 0.3) is 0 Å². The van der Waals surface area contributed by atoms with Crippen molar-refractivity contribution in [3.8, 4) is 5.75 Å². The first-order chi connectivity index (χ1) is 11.1. The zero-order valence-corrected chi connectivity index (χ0v) is 14.8. The van der Waals surface area contributed by atoms with Crippen molar-refractivity contribution in [1.82, 2.24) is 5.32 Å². The van der Waals surface area contributed by atoms with Gasteiger partial charge >= 0.3 is 0 Å². The van der Waals surface area contributed by atoms with Gasteiger partial charge in [0, 0.05) is 16.5 Å². The van der Waals surface area contributed by atoms with Crippen LogP contribution in [0, 0.1) is 0 Å². The van der Waals surface area contributed by atoms with E-state index in [1.54, 1.807) is 18.9 Å². The third kappa shape index (κ3) is 5.48. The molecule has 0 saturated heterocycles. The molecule has 5 heteroatoms. The quantitative estimate of drug-likeness (QED) is 0.746. The number of ether oxygens (including phenoxy) is 1. The fraction of sp³-hybridized carbons (Fsp3) is 0.278. The summed E-state index contributed by atoms with van der Waals surface area (Å²) in [6, 6.07) is 15.2. The lowest BCUT2D eigenvalue weighted by molar-refractivity contribution is -0.120. The Kier molecular flexibility index (Phi) is 6.81. The number of hydrogen-bond acceptors (Lipinski definition) is 3. The molecule has 2 rings (SSSR count). The number of halogens is 1. The highest BCUT2D eigenvalue weighted by Gasteiger charge is 2.17. The Morgan fingerprint density at radius 3 is 2.39 bits per heavy atom. The van der Waals surface area contributed by atoms with E-state index in [0.717, 1.165) is 22.6 Å². The first-order valence-electron chi connectivity index (χ1n) is 7.45. The van der Waals surface area contributed by atoms with Gasteiger partial charge in [-0.15, -0.1) is 11.8 Å². The molecule has 0 heterocycles. The first-order valence-corrected chi connectivity index (χ1v) is 8.71. The Labute approximate surface area is 146 Å². The smallest absolute Gasteiger partial charge is 0.233 e. The molecular weight excluding hydrogens is 330 g/mol. The maximum Gasteiger partial charge on any atom is 0.233 e. The predicted octanol–water partition coefficient (Wildman–Crippen LogP) is 4.54. The van der Waals surface area contributed by atoms with Gasteiger partial charge in [0.15, 0.2) is 0 Å². The summed E-state index contributed by atoms with van der Waals surface area (Å²) >= 11 is 7.44. The molecule has 1 atom stereocenters. The predicted molar refractivity (Wildman–Crippen MR) is 96.2 cm³/mol. The highest BCUT2D eigenvalue weighted by atomic mass is 35.5. The van der Waals surface area contributed by atoms with Crippen LogP contribution in [-0.2, 0) is 11.3 Å². The van der Waals surface area contributed by atoms with E-state index in [0.29, 0.717) is 11.6 Å². The van der Waals surface area contributed by atoms with E-state index < -0.39 is 0 Å². The van der Waals surface area contributed by atoms with Crippen LogP contribution in [-0.4, -0.2) is 18.3 Å². The molecule has 0 radical (unpaired) electrons. The van der Waals surface area contributed by atoms with Crippen LogP contribution in [0.4, 0.5) is 0 Å². The molecule has 0 spiro atoms. The minimum atomic E-state index is -0.116. The zero-order chi connectivity index (χ0) is 16.7. The number of carbonyl (C=O) groups is 1. The summed E-state index contributed by atoms with van der Waals surface area (Å²) in [7, 11) is 1.64. The average molecular weight is 350 g/mol. The van der Waals surface area contributed by atoms with Gasteiger partial charge in [-0.2, -0.15) is 0 Å². The summed E-state index contributed by atoms with van der Waals surface area (Å²) in [5.41, 5.74) is 1.05. The van der Waals surface area contributed by atoms with Crippen molar-refractivity contribution in [2.75, 3.05) is 7.11 Å². The molecule has 3 nitrogen and oxygen atoms in total. The molecule has 0 aliphatic rings. The molecule has 1 N–H and O–H groups in total. The van der Waals surface area contributed by atoms with Gasteiger partial charge in [0.25, 0.3) is 0 Å². The van der Waals surface area contributed by atoms with Gasteiger partial charge in [-0.25, -0.2) is 0 Å². The van der Waals surface area contributed by atoms with Crippen LogP contribution in [0.15, 0.2) is 53.4 Å². The van der Waals surface area contributed by atoms with E-state index in [4.69, 9.17) is 16.3 Å². The lowest BCUT2D eigenvalue weighted by atomic mass is 10.2. The van der Waals surface area contributed by atoms with Crippen LogP contribution in [0.2, 0.25) is 5.02 Å². The number of hydrogen-bond donors (Lipinski definition) is 1. The van der Waals surface area contributed by atoms with Gasteiger partial charge in [-0.3, -0.25) is 4.79 Å².